The number of amidine groups is 1. The molecule has 0 N–H and O–H groups in total. The summed E-state index contributed by atoms with van der Waals surface area (Å²) >= 11 is 11.5. The largest absolute Gasteiger partial charge is 0.435 e. The average Bonchev–Trinajstić information content (AvgIpc) is 3.58. The van der Waals surface area contributed by atoms with Crippen molar-refractivity contribution in [1.82, 2.24) is 9.80 Å². The maximum atomic E-state index is 14.3. The van der Waals surface area contributed by atoms with Crippen LogP contribution in [0.1, 0.15) is 39.9 Å². The van der Waals surface area contributed by atoms with Crippen LogP contribution in [0.3, 0.4) is 0 Å². The van der Waals surface area contributed by atoms with E-state index in [1.54, 1.807) is 35.1 Å². The van der Waals surface area contributed by atoms with Crippen molar-refractivity contribution in [2.75, 3.05) is 20.2 Å². The van der Waals surface area contributed by atoms with Crippen LogP contribution < -0.4 is 0 Å². The summed E-state index contributed by atoms with van der Waals surface area (Å²) in [6.07, 6.45) is -4.74. The zero-order chi connectivity index (χ0) is 25.8. The van der Waals surface area contributed by atoms with E-state index in [0.717, 1.165) is 29.7 Å². The lowest BCUT2D eigenvalue weighted by molar-refractivity contribution is -0.275. The third-order valence-corrected chi connectivity index (χ3v) is 7.48. The van der Waals surface area contributed by atoms with Crippen LogP contribution in [0.2, 0.25) is 10.0 Å². The highest BCUT2D eigenvalue weighted by molar-refractivity contribution is 6.35. The Kier molecular flexibility index (Phi) is 6.33. The smallest absolute Gasteiger partial charge is 0.380 e. The predicted octanol–water partition coefficient (Wildman–Crippen LogP) is 5.50. The quantitative estimate of drug-likeness (QED) is 0.377. The number of hydrogen-bond donors (Lipinski definition) is 0. The van der Waals surface area contributed by atoms with Crippen molar-refractivity contribution < 1.29 is 31.9 Å². The van der Waals surface area contributed by atoms with E-state index in [4.69, 9.17) is 32.8 Å². The van der Waals surface area contributed by atoms with E-state index in [0.29, 0.717) is 25.2 Å². The number of amides is 1. The number of halogens is 6. The Labute approximate surface area is 214 Å². The molecule has 6 nitrogen and oxygen atoms in total. The van der Waals surface area contributed by atoms with Crippen molar-refractivity contribution in [2.45, 2.75) is 43.8 Å². The fourth-order valence-corrected chi connectivity index (χ4v) is 5.33. The Morgan fingerprint density at radius 2 is 1.86 bits per heavy atom. The van der Waals surface area contributed by atoms with Crippen LogP contribution >= 0.6 is 23.2 Å². The third-order valence-electron chi connectivity index (χ3n) is 6.93. The lowest BCUT2D eigenvalue weighted by Crippen LogP contribution is -2.44. The summed E-state index contributed by atoms with van der Waals surface area (Å²) in [6.45, 7) is 1.69. The minimum absolute atomic E-state index is 0.0130. The highest BCUT2D eigenvalue weighted by Crippen LogP contribution is 2.50. The number of ether oxygens (including phenoxy) is 1. The van der Waals surface area contributed by atoms with Gasteiger partial charge in [0.05, 0.1) is 22.6 Å². The van der Waals surface area contributed by atoms with Gasteiger partial charge < -0.3 is 19.4 Å². The summed E-state index contributed by atoms with van der Waals surface area (Å²) in [5.74, 6) is -1.04. The number of likely N-dealkylation sites (tertiary alicyclic amines) is 1. The second kappa shape index (κ2) is 9.08. The summed E-state index contributed by atoms with van der Waals surface area (Å²) in [6, 6.07) is 7.01. The van der Waals surface area contributed by atoms with Gasteiger partial charge in [-0.15, -0.1) is 0 Å². The molecule has 2 aromatic carbocycles. The number of nitrogens with zero attached hydrogens (tertiary/aromatic N) is 3. The number of hydrogen-bond acceptors (Lipinski definition) is 5. The van der Waals surface area contributed by atoms with Crippen LogP contribution in [0.5, 0.6) is 0 Å². The van der Waals surface area contributed by atoms with E-state index in [1.807, 2.05) is 0 Å². The molecule has 2 aromatic rings. The van der Waals surface area contributed by atoms with E-state index >= 15 is 0 Å². The normalized spacial score (nSPS) is 23.6. The molecule has 1 fully saturated rings. The first-order valence-electron chi connectivity index (χ1n) is 11.2. The van der Waals surface area contributed by atoms with Gasteiger partial charge in [0.15, 0.2) is 5.82 Å². The van der Waals surface area contributed by atoms with Gasteiger partial charge in [0.25, 0.3) is 11.5 Å². The maximum absolute atomic E-state index is 14.3. The Balaban J connectivity index is 1.35. The molecule has 1 saturated heterocycles. The van der Waals surface area contributed by atoms with Gasteiger partial charge in [-0.25, -0.2) is 4.39 Å². The number of carbonyl (C=O) groups is 1. The highest BCUT2D eigenvalue weighted by Gasteiger charge is 2.63. The molecular formula is C24H21Cl2F4N3O3. The van der Waals surface area contributed by atoms with Crippen molar-refractivity contribution >= 4 is 34.9 Å². The minimum Gasteiger partial charge on any atom is -0.380 e. The molecule has 12 heteroatoms. The van der Waals surface area contributed by atoms with Crippen molar-refractivity contribution in [3.8, 4) is 0 Å². The van der Waals surface area contributed by atoms with Crippen molar-refractivity contribution in [3.63, 3.8) is 0 Å². The molecule has 3 aliphatic rings. The summed E-state index contributed by atoms with van der Waals surface area (Å²) in [7, 11) is 1.62. The van der Waals surface area contributed by atoms with E-state index in [1.165, 1.54) is 0 Å². The van der Waals surface area contributed by atoms with Crippen molar-refractivity contribution in [3.05, 3.63) is 68.4 Å². The van der Waals surface area contributed by atoms with Crippen LogP contribution in [0.25, 0.3) is 0 Å². The molecule has 5 rings (SSSR count). The highest BCUT2D eigenvalue weighted by atomic mass is 35.5. The molecule has 0 aromatic heterocycles. The summed E-state index contributed by atoms with van der Waals surface area (Å²) < 4.78 is 62.0. The Bertz CT molecular complexity index is 1230. The van der Waals surface area contributed by atoms with Crippen LogP contribution in [0, 0.1) is 5.82 Å². The molecule has 2 unspecified atom stereocenters. The molecule has 0 bridgehead atoms. The molecule has 36 heavy (non-hydrogen) atoms. The number of fused-ring (bicyclic) bond motifs is 1. The van der Waals surface area contributed by atoms with Crippen molar-refractivity contribution in [2.24, 2.45) is 5.16 Å². The van der Waals surface area contributed by atoms with Gasteiger partial charge in [0.1, 0.15) is 5.84 Å². The monoisotopic (exact) mass is 545 g/mol. The number of carbonyl (C=O) groups excluding carboxylic acids is 1. The number of oxime groups is 1. The zero-order valence-corrected chi connectivity index (χ0v) is 20.6. The van der Waals surface area contributed by atoms with Crippen LogP contribution in [0.4, 0.5) is 17.6 Å². The summed E-state index contributed by atoms with van der Waals surface area (Å²) in [4.78, 5) is 21.3. The first-order valence-corrected chi connectivity index (χ1v) is 11.9. The van der Waals surface area contributed by atoms with E-state index < -0.39 is 39.6 Å². The predicted molar refractivity (Wildman–Crippen MR) is 124 cm³/mol. The molecule has 0 aliphatic carbocycles. The first kappa shape index (κ1) is 25.1. The molecule has 0 radical (unpaired) electrons. The second-order valence-electron chi connectivity index (χ2n) is 9.09. The van der Waals surface area contributed by atoms with E-state index in [2.05, 4.69) is 5.16 Å². The molecule has 3 heterocycles. The average molecular weight is 546 g/mol. The molecule has 1 amide bonds. The lowest BCUT2D eigenvalue weighted by Gasteiger charge is -2.30. The Hall–Kier alpha value is -2.56. The maximum Gasteiger partial charge on any atom is 0.435 e. The summed E-state index contributed by atoms with van der Waals surface area (Å²) in [5, 5.41) is 2.69. The topological polar surface area (TPSA) is 54.4 Å². The Morgan fingerprint density at radius 3 is 2.50 bits per heavy atom. The van der Waals surface area contributed by atoms with Crippen molar-refractivity contribution in [1.29, 1.82) is 0 Å². The lowest BCUT2D eigenvalue weighted by atomic mass is 9.89. The third kappa shape index (κ3) is 4.18. The zero-order valence-electron chi connectivity index (χ0n) is 19.0. The SMILES string of the molecule is COC1CCN(C(=O)c2ccc3c(c2)CN(C2=NOC(c4cc(Cl)c(F)c(Cl)c4)(C(F)(F)F)C2)C3)C1. The number of rotatable bonds is 3. The molecule has 2 atom stereocenters. The molecule has 0 saturated carbocycles. The molecule has 0 spiro atoms. The standard InChI is InChI=1S/C24H21Cl2F4N3O3/c1-35-17-4-5-32(12-17)22(34)13-2-3-14-10-33(11-15(14)6-13)20-9-23(36-31-20,24(28,29)30)16-7-18(25)21(27)19(26)8-16/h2-3,6-8,17H,4-5,9-12H2,1H3. The number of alkyl halides is 3. The fraction of sp³-hybridized carbons (Fsp3) is 0.417. The number of methoxy groups -OCH3 is 1. The van der Waals surface area contributed by atoms with Gasteiger partial charge in [0.2, 0.25) is 0 Å². The minimum atomic E-state index is -4.88. The first-order chi connectivity index (χ1) is 17.0. The van der Waals surface area contributed by atoms with E-state index in [-0.39, 0.29) is 24.4 Å². The number of benzene rings is 2. The summed E-state index contributed by atoms with van der Waals surface area (Å²) in [5.41, 5.74) is -1.08. The van der Waals surface area contributed by atoms with Gasteiger partial charge in [0, 0.05) is 44.4 Å². The van der Waals surface area contributed by atoms with Crippen LogP contribution in [-0.4, -0.2) is 54.0 Å². The fourth-order valence-electron chi connectivity index (χ4n) is 4.84. The Morgan fingerprint density at radius 1 is 1.17 bits per heavy atom. The molecule has 192 valence electrons. The van der Waals surface area contributed by atoms with Gasteiger partial charge in [-0.1, -0.05) is 34.4 Å². The van der Waals surface area contributed by atoms with Crippen LogP contribution in [-0.2, 0) is 28.3 Å². The van der Waals surface area contributed by atoms with Gasteiger partial charge in [-0.05, 0) is 41.8 Å². The van der Waals surface area contributed by atoms with Crippen LogP contribution in [0.15, 0.2) is 35.5 Å². The van der Waals surface area contributed by atoms with Gasteiger partial charge >= 0.3 is 6.18 Å². The van der Waals surface area contributed by atoms with Gasteiger partial charge in [-0.3, -0.25) is 4.79 Å². The van der Waals surface area contributed by atoms with Gasteiger partial charge in [-0.2, -0.15) is 13.2 Å². The molecular weight excluding hydrogens is 525 g/mol. The molecule has 3 aliphatic heterocycles. The van der Waals surface area contributed by atoms with E-state index in [9.17, 15) is 22.4 Å². The second-order valence-corrected chi connectivity index (χ2v) is 9.91.